The Labute approximate surface area is 243 Å². The molecule has 1 fully saturated rings. The summed E-state index contributed by atoms with van der Waals surface area (Å²) in [6, 6.07) is 10.3. The van der Waals surface area contributed by atoms with Gasteiger partial charge in [0.25, 0.3) is 5.91 Å². The summed E-state index contributed by atoms with van der Waals surface area (Å²) in [7, 11) is 2.12. The molecule has 42 heavy (non-hydrogen) atoms. The number of piperazine rings is 1. The number of nitrogens with zero attached hydrogens (tertiary/aromatic N) is 4. The van der Waals surface area contributed by atoms with E-state index >= 15 is 0 Å². The second-order valence-electron chi connectivity index (χ2n) is 10.4. The van der Waals surface area contributed by atoms with Crippen molar-refractivity contribution in [2.24, 2.45) is 0 Å². The Bertz CT molecular complexity index is 1610. The van der Waals surface area contributed by atoms with Crippen LogP contribution in [0.2, 0.25) is 0 Å². The molecular formula is C32H33F3N6O. The Morgan fingerprint density at radius 2 is 1.88 bits per heavy atom. The monoisotopic (exact) mass is 574 g/mol. The molecule has 218 valence electrons. The molecule has 2 aromatic carbocycles. The SMILES string of the molecule is C=C1C=CC=C(CN2CCN(C)CC2)N1C=C(C=CC)C(=O)Nc1nc2ccc(-c3cccc(C(F)(F)F)c3)cc2[nH]1. The number of H-pyrrole nitrogens is 1. The number of alkyl halides is 3. The van der Waals surface area contributed by atoms with Gasteiger partial charge in [-0.1, -0.05) is 43.0 Å². The molecule has 0 atom stereocenters. The van der Waals surface area contributed by atoms with Gasteiger partial charge < -0.3 is 14.8 Å². The van der Waals surface area contributed by atoms with Crippen LogP contribution in [0, 0.1) is 0 Å². The van der Waals surface area contributed by atoms with Crippen molar-refractivity contribution >= 4 is 22.9 Å². The Morgan fingerprint density at radius 1 is 1.12 bits per heavy atom. The molecule has 2 N–H and O–H groups in total. The molecule has 0 bridgehead atoms. The Balaban J connectivity index is 1.35. The van der Waals surface area contributed by atoms with Crippen molar-refractivity contribution in [3.05, 3.63) is 108 Å². The lowest BCUT2D eigenvalue weighted by Crippen LogP contribution is -2.46. The van der Waals surface area contributed by atoms with Crippen LogP contribution >= 0.6 is 0 Å². The van der Waals surface area contributed by atoms with Gasteiger partial charge in [0.15, 0.2) is 0 Å². The molecule has 0 spiro atoms. The number of hydrogen-bond donors (Lipinski definition) is 2. The molecule has 0 aliphatic carbocycles. The van der Waals surface area contributed by atoms with Gasteiger partial charge in [-0.05, 0) is 61.5 Å². The first-order chi connectivity index (χ1) is 20.1. The number of fused-ring (bicyclic) bond motifs is 1. The first kappa shape index (κ1) is 29.1. The highest BCUT2D eigenvalue weighted by Gasteiger charge is 2.30. The van der Waals surface area contributed by atoms with E-state index in [9.17, 15) is 18.0 Å². The fraction of sp³-hybridized carbons (Fsp3) is 0.250. The maximum Gasteiger partial charge on any atom is 0.416 e. The maximum absolute atomic E-state index is 13.4. The van der Waals surface area contributed by atoms with Crippen LogP contribution < -0.4 is 5.32 Å². The normalized spacial score (nSPS) is 17.4. The molecule has 0 saturated carbocycles. The quantitative estimate of drug-likeness (QED) is 0.261. The lowest BCUT2D eigenvalue weighted by atomic mass is 10.0. The number of nitrogens with one attached hydrogen (secondary N) is 2. The van der Waals surface area contributed by atoms with Gasteiger partial charge >= 0.3 is 6.18 Å². The van der Waals surface area contributed by atoms with Gasteiger partial charge in [0.2, 0.25) is 5.95 Å². The number of anilines is 1. The van der Waals surface area contributed by atoms with Crippen LogP contribution in [-0.2, 0) is 11.0 Å². The minimum Gasteiger partial charge on any atom is -0.324 e. The highest BCUT2D eigenvalue weighted by Crippen LogP contribution is 2.33. The standard InChI is InChI=1S/C32H33F3N6O/c1-4-7-25(20-41-22(2)8-5-11-27(41)21-40-16-14-39(3)15-17-40)30(42)38-31-36-28-13-12-24(19-29(28)37-31)23-9-6-10-26(18-23)32(33,34)35/h4-13,18-20H,2,14-17,21H2,1,3H3,(H2,36,37,38,42). The average molecular weight is 575 g/mol. The third-order valence-corrected chi connectivity index (χ3v) is 7.29. The van der Waals surface area contributed by atoms with Gasteiger partial charge in [0.1, 0.15) is 0 Å². The van der Waals surface area contributed by atoms with Gasteiger partial charge in [-0.25, -0.2) is 4.98 Å². The van der Waals surface area contributed by atoms with E-state index in [0.717, 1.165) is 56.3 Å². The third kappa shape index (κ3) is 6.72. The molecule has 2 aliphatic rings. The third-order valence-electron chi connectivity index (χ3n) is 7.29. The van der Waals surface area contributed by atoms with Crippen molar-refractivity contribution in [3.8, 4) is 11.1 Å². The van der Waals surface area contributed by atoms with Crippen LogP contribution in [-0.4, -0.2) is 70.3 Å². The molecule has 3 aromatic rings. The fourth-order valence-electron chi connectivity index (χ4n) is 4.94. The van der Waals surface area contributed by atoms with Crippen molar-refractivity contribution in [1.29, 1.82) is 0 Å². The Hall–Kier alpha value is -4.41. The number of hydrogen-bond acceptors (Lipinski definition) is 5. The molecular weight excluding hydrogens is 541 g/mol. The number of aromatic nitrogens is 2. The van der Waals surface area contributed by atoms with E-state index < -0.39 is 11.7 Å². The van der Waals surface area contributed by atoms with Gasteiger partial charge in [-0.15, -0.1) is 0 Å². The number of carbonyl (C=O) groups excluding carboxylic acids is 1. The molecule has 1 saturated heterocycles. The molecule has 3 heterocycles. The van der Waals surface area contributed by atoms with Crippen molar-refractivity contribution in [3.63, 3.8) is 0 Å². The lowest BCUT2D eigenvalue weighted by Gasteiger charge is -2.36. The predicted molar refractivity (Wildman–Crippen MR) is 160 cm³/mol. The summed E-state index contributed by atoms with van der Waals surface area (Å²) < 4.78 is 39.6. The molecule has 0 unspecified atom stereocenters. The predicted octanol–water partition coefficient (Wildman–Crippen LogP) is 6.16. The zero-order valence-electron chi connectivity index (χ0n) is 23.6. The van der Waals surface area contributed by atoms with E-state index in [4.69, 9.17) is 0 Å². The summed E-state index contributed by atoms with van der Waals surface area (Å²) in [6.45, 7) is 10.7. The summed E-state index contributed by atoms with van der Waals surface area (Å²) in [5.41, 5.74) is 3.66. The largest absolute Gasteiger partial charge is 0.416 e. The molecule has 7 nitrogen and oxygen atoms in total. The average Bonchev–Trinajstić information content (AvgIpc) is 3.36. The van der Waals surface area contributed by atoms with Crippen molar-refractivity contribution in [2.45, 2.75) is 13.1 Å². The minimum atomic E-state index is -4.43. The van der Waals surface area contributed by atoms with E-state index in [-0.39, 0.29) is 11.9 Å². The summed E-state index contributed by atoms with van der Waals surface area (Å²) in [5, 5.41) is 2.83. The van der Waals surface area contributed by atoms with E-state index in [2.05, 4.69) is 38.7 Å². The summed E-state index contributed by atoms with van der Waals surface area (Å²) in [5.74, 6) is -0.135. The number of amides is 1. The van der Waals surface area contributed by atoms with Gasteiger partial charge in [-0.2, -0.15) is 13.2 Å². The zero-order chi connectivity index (χ0) is 29.9. The minimum absolute atomic E-state index is 0.233. The van der Waals surface area contributed by atoms with Crippen LogP contribution in [0.5, 0.6) is 0 Å². The van der Waals surface area contributed by atoms with E-state index in [1.807, 2.05) is 30.1 Å². The van der Waals surface area contributed by atoms with E-state index in [0.29, 0.717) is 27.7 Å². The molecule has 2 aliphatic heterocycles. The Kier molecular flexibility index (Phi) is 8.46. The van der Waals surface area contributed by atoms with Crippen LogP contribution in [0.3, 0.4) is 0 Å². The van der Waals surface area contributed by atoms with Crippen LogP contribution in [0.1, 0.15) is 12.5 Å². The summed E-state index contributed by atoms with van der Waals surface area (Å²) in [4.78, 5) is 27.6. The second kappa shape index (κ2) is 12.2. The van der Waals surface area contributed by atoms with Crippen molar-refractivity contribution in [1.82, 2.24) is 24.7 Å². The van der Waals surface area contributed by atoms with E-state index in [1.54, 1.807) is 42.6 Å². The number of aromatic amines is 1. The first-order valence-corrected chi connectivity index (χ1v) is 13.7. The number of likely N-dealkylation sites (N-methyl/N-ethyl adjacent to an activating group) is 1. The number of rotatable bonds is 7. The molecule has 10 heteroatoms. The maximum atomic E-state index is 13.4. The first-order valence-electron chi connectivity index (χ1n) is 13.7. The van der Waals surface area contributed by atoms with Gasteiger partial charge in [0, 0.05) is 50.3 Å². The number of halogens is 3. The van der Waals surface area contributed by atoms with Crippen molar-refractivity contribution in [2.75, 3.05) is 45.1 Å². The number of imidazole rings is 1. The smallest absolute Gasteiger partial charge is 0.324 e. The Morgan fingerprint density at radius 3 is 2.62 bits per heavy atom. The number of allylic oxidation sites excluding steroid dienone is 4. The van der Waals surface area contributed by atoms with Crippen molar-refractivity contribution < 1.29 is 18.0 Å². The molecule has 5 rings (SSSR count). The highest BCUT2D eigenvalue weighted by atomic mass is 19.4. The van der Waals surface area contributed by atoms with Crippen LogP contribution in [0.4, 0.5) is 19.1 Å². The number of benzene rings is 2. The van der Waals surface area contributed by atoms with Crippen LogP contribution in [0.25, 0.3) is 22.2 Å². The molecule has 0 radical (unpaired) electrons. The zero-order valence-corrected chi connectivity index (χ0v) is 23.6. The van der Waals surface area contributed by atoms with Crippen LogP contribution in [0.15, 0.2) is 103 Å². The summed E-state index contributed by atoms with van der Waals surface area (Å²) >= 11 is 0. The van der Waals surface area contributed by atoms with E-state index in [1.165, 1.54) is 6.07 Å². The lowest BCUT2D eigenvalue weighted by molar-refractivity contribution is -0.137. The molecule has 1 amide bonds. The highest BCUT2D eigenvalue weighted by molar-refractivity contribution is 6.05. The van der Waals surface area contributed by atoms with Gasteiger partial charge in [-0.3, -0.25) is 15.0 Å². The summed E-state index contributed by atoms with van der Waals surface area (Å²) in [6.07, 6.45) is 6.77. The number of carbonyl (C=O) groups is 1. The molecule has 1 aromatic heterocycles. The second-order valence-corrected chi connectivity index (χ2v) is 10.4. The fourth-order valence-corrected chi connectivity index (χ4v) is 4.94. The van der Waals surface area contributed by atoms with Gasteiger partial charge in [0.05, 0.1) is 22.2 Å². The topological polar surface area (TPSA) is 67.5 Å².